The molecule has 1 N–H and O–H groups in total. The molecule has 8 heteroatoms. The second-order valence-electron chi connectivity index (χ2n) is 8.42. The summed E-state index contributed by atoms with van der Waals surface area (Å²) in [6.45, 7) is 1.43. The van der Waals surface area contributed by atoms with E-state index in [1.165, 1.54) is 31.4 Å². The number of carbonyl (C=O) groups is 4. The van der Waals surface area contributed by atoms with Gasteiger partial charge in [-0.2, -0.15) is 0 Å². The molecular formula is C26H22N2O5S. The lowest BCUT2D eigenvalue weighted by Crippen LogP contribution is -2.53. The number of carbonyl (C=O) groups excluding carboxylic acids is 4. The van der Waals surface area contributed by atoms with Crippen LogP contribution in [0.25, 0.3) is 0 Å². The Kier molecular flexibility index (Phi) is 5.42. The average molecular weight is 475 g/mol. The van der Waals surface area contributed by atoms with Crippen molar-refractivity contribution in [2.45, 2.75) is 18.5 Å². The molecule has 1 aromatic heterocycles. The third-order valence-electron chi connectivity index (χ3n) is 6.66. The number of thiophene rings is 1. The number of hydrogen-bond acceptors (Lipinski definition) is 7. The molecule has 34 heavy (non-hydrogen) atoms. The quantitative estimate of drug-likeness (QED) is 0.346. The lowest BCUT2D eigenvalue weighted by Gasteiger charge is -2.32. The fourth-order valence-electron chi connectivity index (χ4n) is 5.17. The number of rotatable bonds is 5. The summed E-state index contributed by atoms with van der Waals surface area (Å²) in [4.78, 5) is 55.1. The highest BCUT2D eigenvalue weighted by molar-refractivity contribution is 7.10. The second-order valence-corrected chi connectivity index (χ2v) is 9.40. The van der Waals surface area contributed by atoms with E-state index in [4.69, 9.17) is 4.74 Å². The molecule has 2 aliphatic rings. The van der Waals surface area contributed by atoms with Crippen LogP contribution in [0.1, 0.15) is 33.8 Å². The van der Waals surface area contributed by atoms with Gasteiger partial charge in [-0.15, -0.1) is 11.3 Å². The number of imide groups is 1. The highest BCUT2D eigenvalue weighted by atomic mass is 32.1. The molecule has 2 saturated heterocycles. The molecule has 7 nitrogen and oxygen atoms in total. The maximum absolute atomic E-state index is 14.0. The first-order chi connectivity index (χ1) is 16.4. The Morgan fingerprint density at radius 2 is 1.76 bits per heavy atom. The molecule has 2 fully saturated rings. The highest BCUT2D eigenvalue weighted by Gasteiger charge is 2.69. The van der Waals surface area contributed by atoms with Crippen LogP contribution >= 0.6 is 11.3 Å². The van der Waals surface area contributed by atoms with Crippen LogP contribution in [0.4, 0.5) is 5.69 Å². The van der Waals surface area contributed by atoms with Crippen molar-refractivity contribution >= 4 is 40.6 Å². The number of ketones is 1. The van der Waals surface area contributed by atoms with E-state index in [1.54, 1.807) is 42.5 Å². The Hall–Kier alpha value is -3.62. The Bertz CT molecular complexity index is 1290. The number of methoxy groups -OCH3 is 1. The van der Waals surface area contributed by atoms with Gasteiger partial charge in [0.25, 0.3) is 0 Å². The molecule has 5 rings (SSSR count). The zero-order valence-electron chi connectivity index (χ0n) is 18.6. The van der Waals surface area contributed by atoms with Crippen molar-refractivity contribution in [3.8, 4) is 0 Å². The van der Waals surface area contributed by atoms with Crippen molar-refractivity contribution < 1.29 is 23.9 Å². The monoisotopic (exact) mass is 474 g/mol. The van der Waals surface area contributed by atoms with E-state index in [-0.39, 0.29) is 5.78 Å². The largest absolute Gasteiger partial charge is 0.467 e. The molecule has 0 spiro atoms. The van der Waals surface area contributed by atoms with Crippen LogP contribution in [0.15, 0.2) is 72.1 Å². The molecule has 0 unspecified atom stereocenters. The van der Waals surface area contributed by atoms with E-state index in [2.05, 4.69) is 5.32 Å². The summed E-state index contributed by atoms with van der Waals surface area (Å²) in [5.74, 6) is -3.57. The summed E-state index contributed by atoms with van der Waals surface area (Å²) in [5.41, 5.74) is -0.287. The molecule has 3 aromatic rings. The molecule has 0 bridgehead atoms. The van der Waals surface area contributed by atoms with Gasteiger partial charge >= 0.3 is 5.97 Å². The summed E-state index contributed by atoms with van der Waals surface area (Å²) >= 11 is 1.45. The summed E-state index contributed by atoms with van der Waals surface area (Å²) in [6.07, 6.45) is 0. The highest BCUT2D eigenvalue weighted by Crippen LogP contribution is 2.54. The first-order valence-corrected chi connectivity index (χ1v) is 11.7. The average Bonchev–Trinajstić information content (AvgIpc) is 3.56. The second kappa shape index (κ2) is 8.30. The SMILES string of the molecule is COC(=O)[C@]1(c2ccccc2)N[C@H](c2cccs2)[C@H]2C(=O)N(c3cccc(C(C)=O)c3)C(=O)[C@@H]21. The van der Waals surface area contributed by atoms with Crippen LogP contribution in [-0.4, -0.2) is 30.7 Å². The molecule has 4 atom stereocenters. The summed E-state index contributed by atoms with van der Waals surface area (Å²) < 4.78 is 5.22. The number of fused-ring (bicyclic) bond motifs is 1. The maximum Gasteiger partial charge on any atom is 0.331 e. The Morgan fingerprint density at radius 1 is 1.00 bits per heavy atom. The third-order valence-corrected chi connectivity index (χ3v) is 7.61. The van der Waals surface area contributed by atoms with E-state index in [1.807, 2.05) is 23.6 Å². The van der Waals surface area contributed by atoms with Gasteiger partial charge in [0, 0.05) is 10.4 Å². The molecule has 0 aliphatic carbocycles. The lowest BCUT2D eigenvalue weighted by molar-refractivity contribution is -0.152. The van der Waals surface area contributed by atoms with Crippen LogP contribution in [0, 0.1) is 11.8 Å². The summed E-state index contributed by atoms with van der Waals surface area (Å²) in [5, 5.41) is 5.24. The maximum atomic E-state index is 14.0. The van der Waals surface area contributed by atoms with E-state index in [0.717, 1.165) is 9.78 Å². The summed E-state index contributed by atoms with van der Waals surface area (Å²) in [6, 6.07) is 18.5. The fourth-order valence-corrected chi connectivity index (χ4v) is 5.99. The molecular weight excluding hydrogens is 452 g/mol. The third kappa shape index (κ3) is 3.13. The predicted molar refractivity (Wildman–Crippen MR) is 126 cm³/mol. The molecule has 0 radical (unpaired) electrons. The fraction of sp³-hybridized carbons (Fsp3) is 0.231. The lowest BCUT2D eigenvalue weighted by atomic mass is 9.75. The number of esters is 1. The van der Waals surface area contributed by atoms with E-state index < -0.39 is 41.2 Å². The van der Waals surface area contributed by atoms with Gasteiger partial charge in [-0.25, -0.2) is 9.69 Å². The topological polar surface area (TPSA) is 92.8 Å². The van der Waals surface area contributed by atoms with E-state index >= 15 is 0 Å². The number of benzene rings is 2. The zero-order chi connectivity index (χ0) is 24.0. The molecule has 172 valence electrons. The first-order valence-electron chi connectivity index (χ1n) is 10.8. The summed E-state index contributed by atoms with van der Waals surface area (Å²) in [7, 11) is 1.28. The van der Waals surface area contributed by atoms with Gasteiger partial charge in [0.15, 0.2) is 11.3 Å². The Morgan fingerprint density at radius 3 is 2.41 bits per heavy atom. The van der Waals surface area contributed by atoms with Gasteiger partial charge in [0.2, 0.25) is 11.8 Å². The van der Waals surface area contributed by atoms with Crippen LogP contribution < -0.4 is 10.2 Å². The van der Waals surface area contributed by atoms with Crippen molar-refractivity contribution in [3.05, 3.63) is 88.1 Å². The number of hydrogen-bond donors (Lipinski definition) is 1. The minimum atomic E-state index is -1.55. The number of ether oxygens (including phenoxy) is 1. The number of Topliss-reactive ketones (excluding diaryl/α,β-unsaturated/α-hetero) is 1. The number of nitrogens with one attached hydrogen (secondary N) is 1. The van der Waals surface area contributed by atoms with E-state index in [0.29, 0.717) is 16.8 Å². The van der Waals surface area contributed by atoms with Gasteiger partial charge in [0.05, 0.1) is 30.7 Å². The van der Waals surface area contributed by atoms with E-state index in [9.17, 15) is 19.2 Å². The van der Waals surface area contributed by atoms with Crippen molar-refractivity contribution in [2.75, 3.05) is 12.0 Å². The minimum Gasteiger partial charge on any atom is -0.467 e. The van der Waals surface area contributed by atoms with Gasteiger partial charge in [0.1, 0.15) is 0 Å². The number of amides is 2. The van der Waals surface area contributed by atoms with Crippen LogP contribution in [0.3, 0.4) is 0 Å². The van der Waals surface area contributed by atoms with Gasteiger partial charge in [-0.1, -0.05) is 48.5 Å². The predicted octanol–water partition coefficient (Wildman–Crippen LogP) is 3.47. The molecule has 0 saturated carbocycles. The molecule has 2 aliphatic heterocycles. The standard InChI is InChI=1S/C26H22N2O5S/c1-15(29)16-8-6-11-18(14-16)28-23(30)20-21(24(28)31)26(25(32)33-2,17-9-4-3-5-10-17)27-22(20)19-12-7-13-34-19/h3-14,20-22,27H,1-2H3/t20-,21+,22+,26+/m0/s1. The number of nitrogens with zero attached hydrogens (tertiary/aromatic N) is 1. The van der Waals surface area contributed by atoms with Gasteiger partial charge in [-0.05, 0) is 36.1 Å². The van der Waals surface area contributed by atoms with Gasteiger partial charge < -0.3 is 4.74 Å². The molecule has 2 amide bonds. The zero-order valence-corrected chi connectivity index (χ0v) is 19.4. The van der Waals surface area contributed by atoms with Gasteiger partial charge in [-0.3, -0.25) is 19.7 Å². The van der Waals surface area contributed by atoms with Crippen molar-refractivity contribution in [3.63, 3.8) is 0 Å². The number of anilines is 1. The smallest absolute Gasteiger partial charge is 0.331 e. The van der Waals surface area contributed by atoms with Crippen LogP contribution in [0.2, 0.25) is 0 Å². The Labute approximate surface area is 200 Å². The van der Waals surface area contributed by atoms with Crippen LogP contribution in [-0.2, 0) is 24.7 Å². The molecule has 3 heterocycles. The van der Waals surface area contributed by atoms with Crippen molar-refractivity contribution in [1.29, 1.82) is 0 Å². The normalized spacial score (nSPS) is 25.9. The van der Waals surface area contributed by atoms with Crippen molar-refractivity contribution in [2.24, 2.45) is 11.8 Å². The molecule has 2 aromatic carbocycles. The Balaban J connectivity index is 1.71. The minimum absolute atomic E-state index is 0.174. The van der Waals surface area contributed by atoms with Crippen molar-refractivity contribution in [1.82, 2.24) is 5.32 Å². The first kappa shape index (κ1) is 22.2. The van der Waals surface area contributed by atoms with Crippen LogP contribution in [0.5, 0.6) is 0 Å².